The maximum Gasteiger partial charge on any atom is 0.416 e. The number of benzene rings is 1. The monoisotopic (exact) mass is 380 g/mol. The van der Waals surface area contributed by atoms with Gasteiger partial charge in [0.25, 0.3) is 0 Å². The van der Waals surface area contributed by atoms with E-state index in [0.29, 0.717) is 5.75 Å². The first kappa shape index (κ1) is 20.0. The van der Waals surface area contributed by atoms with Crippen molar-refractivity contribution >= 4 is 12.2 Å². The van der Waals surface area contributed by atoms with Gasteiger partial charge >= 0.3 is 6.18 Å². The Morgan fingerprint density at radius 2 is 2.11 bits per heavy atom. The van der Waals surface area contributed by atoms with Crippen molar-refractivity contribution in [2.45, 2.75) is 6.18 Å². The van der Waals surface area contributed by atoms with Gasteiger partial charge in [-0.05, 0) is 24.3 Å². The summed E-state index contributed by atoms with van der Waals surface area (Å²) in [4.78, 5) is 12.9. The number of methoxy groups -OCH3 is 1. The fourth-order valence-electron chi connectivity index (χ4n) is 1.95. The Bertz CT molecular complexity index is 835. The summed E-state index contributed by atoms with van der Waals surface area (Å²) in [7, 11) is 1.43. The molecule has 27 heavy (non-hydrogen) atoms. The van der Waals surface area contributed by atoms with Gasteiger partial charge < -0.3 is 9.47 Å². The van der Waals surface area contributed by atoms with Crippen LogP contribution in [0.4, 0.5) is 19.0 Å². The lowest BCUT2D eigenvalue weighted by molar-refractivity contribution is -0.137. The number of nitrogens with zero attached hydrogens (tertiary/aromatic N) is 3. The molecule has 0 aliphatic heterocycles. The van der Waals surface area contributed by atoms with Crippen LogP contribution < -0.4 is 15.0 Å². The first-order valence-corrected chi connectivity index (χ1v) is 7.58. The molecule has 0 radical (unpaired) electrons. The largest absolute Gasteiger partial charge is 0.495 e. The van der Waals surface area contributed by atoms with E-state index in [1.165, 1.54) is 37.8 Å². The summed E-state index contributed by atoms with van der Waals surface area (Å²) in [6.45, 7) is 0.0575. The Kier molecular flexibility index (Phi) is 6.96. The van der Waals surface area contributed by atoms with Crippen LogP contribution in [0.25, 0.3) is 0 Å². The molecule has 0 fully saturated rings. The third kappa shape index (κ3) is 5.86. The molecule has 0 aliphatic rings. The smallest absolute Gasteiger partial charge is 0.416 e. The van der Waals surface area contributed by atoms with Crippen LogP contribution in [0.2, 0.25) is 0 Å². The molecule has 2 aromatic rings. The molecule has 0 saturated carbocycles. The summed E-state index contributed by atoms with van der Waals surface area (Å²) < 4.78 is 48.0. The average molecular weight is 380 g/mol. The number of ether oxygens (including phenoxy) is 2. The number of halogens is 3. The molecule has 0 bridgehead atoms. The van der Waals surface area contributed by atoms with Crippen molar-refractivity contribution in [2.75, 3.05) is 20.3 Å². The van der Waals surface area contributed by atoms with E-state index in [4.69, 9.17) is 19.6 Å². The molecule has 1 aromatic heterocycles. The molecule has 0 saturated heterocycles. The maximum atomic E-state index is 12.6. The van der Waals surface area contributed by atoms with Gasteiger partial charge in [0.05, 0.1) is 12.7 Å². The van der Waals surface area contributed by atoms with Gasteiger partial charge in [-0.15, -0.1) is 0 Å². The predicted octanol–water partition coefficient (Wildman–Crippen LogP) is 3.24. The van der Waals surface area contributed by atoms with Crippen LogP contribution in [0.1, 0.15) is 11.1 Å². The standard InChI is InChI=1S/C17H15F3N4O3/c1-25-15-5-6-22-16(14(15)10-21)23-11-24-27-8-7-26-13-4-2-3-12(9-13)17(18,19)20/h2-6,9,11H,7-8H2,1H3,(H,22,23,24). The zero-order valence-electron chi connectivity index (χ0n) is 14.2. The Labute approximate surface area is 153 Å². The van der Waals surface area contributed by atoms with E-state index >= 15 is 0 Å². The maximum absolute atomic E-state index is 12.6. The van der Waals surface area contributed by atoms with Crippen LogP contribution in [0.5, 0.6) is 11.5 Å². The van der Waals surface area contributed by atoms with Crippen LogP contribution in [0, 0.1) is 11.3 Å². The molecule has 7 nitrogen and oxygen atoms in total. The number of nitrogens with one attached hydrogen (secondary N) is 1. The normalized spacial score (nSPS) is 11.2. The van der Waals surface area contributed by atoms with Crippen LogP contribution in [-0.4, -0.2) is 31.6 Å². The summed E-state index contributed by atoms with van der Waals surface area (Å²) in [6.07, 6.45) is -1.81. The summed E-state index contributed by atoms with van der Waals surface area (Å²) >= 11 is 0. The van der Waals surface area contributed by atoms with Gasteiger partial charge in [0.1, 0.15) is 42.7 Å². The molecule has 0 amide bonds. The molecule has 10 heteroatoms. The number of pyridine rings is 1. The molecular weight excluding hydrogens is 365 g/mol. The number of hydroxylamine groups is 1. The van der Waals surface area contributed by atoms with Crippen molar-refractivity contribution in [1.82, 2.24) is 10.5 Å². The number of rotatable bonds is 8. The number of alkyl halides is 3. The van der Waals surface area contributed by atoms with E-state index in [-0.39, 0.29) is 30.3 Å². The third-order valence-corrected chi connectivity index (χ3v) is 3.16. The molecule has 0 spiro atoms. The van der Waals surface area contributed by atoms with Crippen LogP contribution in [-0.2, 0) is 11.0 Å². The summed E-state index contributed by atoms with van der Waals surface area (Å²) in [5.74, 6) is 0.574. The number of hydrogen-bond donors (Lipinski definition) is 1. The second-order valence-corrected chi connectivity index (χ2v) is 4.92. The van der Waals surface area contributed by atoms with Crippen LogP contribution in [0.15, 0.2) is 41.5 Å². The Balaban J connectivity index is 1.77. The lowest BCUT2D eigenvalue weighted by atomic mass is 10.2. The molecule has 1 heterocycles. The number of nitriles is 1. The molecular formula is C17H15F3N4O3. The summed E-state index contributed by atoms with van der Waals surface area (Å²) in [6, 6.07) is 8.03. The van der Waals surface area contributed by atoms with Crippen LogP contribution in [0.3, 0.4) is 0 Å². The van der Waals surface area contributed by atoms with Crippen molar-refractivity contribution in [1.29, 1.82) is 5.26 Å². The van der Waals surface area contributed by atoms with Crippen molar-refractivity contribution in [3.63, 3.8) is 0 Å². The highest BCUT2D eigenvalue weighted by Gasteiger charge is 2.30. The summed E-state index contributed by atoms with van der Waals surface area (Å²) in [5, 5.41) is 9.10. The third-order valence-electron chi connectivity index (χ3n) is 3.16. The second-order valence-electron chi connectivity index (χ2n) is 4.92. The minimum atomic E-state index is -4.43. The SMILES string of the molecule is COc1ccnc(N=CNOCCOc2cccc(C(F)(F)F)c2)c1C#N. The van der Waals surface area contributed by atoms with Gasteiger partial charge in [-0.1, -0.05) is 6.07 Å². The molecule has 2 rings (SSSR count). The first-order chi connectivity index (χ1) is 13.0. The van der Waals surface area contributed by atoms with E-state index in [9.17, 15) is 13.2 Å². The topological polar surface area (TPSA) is 88.8 Å². The van der Waals surface area contributed by atoms with E-state index < -0.39 is 11.7 Å². The van der Waals surface area contributed by atoms with E-state index in [1.807, 2.05) is 6.07 Å². The fraction of sp³-hybridized carbons (Fsp3) is 0.235. The van der Waals surface area contributed by atoms with E-state index in [1.54, 1.807) is 0 Å². The highest BCUT2D eigenvalue weighted by molar-refractivity contribution is 5.64. The van der Waals surface area contributed by atoms with Gasteiger partial charge in [0.15, 0.2) is 5.82 Å². The molecule has 1 aromatic carbocycles. The number of aromatic nitrogens is 1. The van der Waals surface area contributed by atoms with Gasteiger partial charge in [0, 0.05) is 6.20 Å². The van der Waals surface area contributed by atoms with Crippen molar-refractivity contribution in [2.24, 2.45) is 4.99 Å². The molecule has 0 aliphatic carbocycles. The quantitative estimate of drug-likeness (QED) is 0.327. The fourth-order valence-corrected chi connectivity index (χ4v) is 1.95. The lowest BCUT2D eigenvalue weighted by Gasteiger charge is -2.10. The average Bonchev–Trinajstić information content (AvgIpc) is 2.66. The molecule has 0 atom stereocenters. The van der Waals surface area contributed by atoms with E-state index in [2.05, 4.69) is 15.5 Å². The second kappa shape index (κ2) is 9.40. The van der Waals surface area contributed by atoms with E-state index in [0.717, 1.165) is 12.1 Å². The Morgan fingerprint density at radius 1 is 1.30 bits per heavy atom. The first-order valence-electron chi connectivity index (χ1n) is 7.58. The van der Waals surface area contributed by atoms with Crippen molar-refractivity contribution in [3.8, 4) is 17.6 Å². The highest BCUT2D eigenvalue weighted by Crippen LogP contribution is 2.31. The summed E-state index contributed by atoms with van der Waals surface area (Å²) in [5.41, 5.74) is 1.79. The molecule has 1 N–H and O–H groups in total. The Hall–Kier alpha value is -3.32. The van der Waals surface area contributed by atoms with Crippen molar-refractivity contribution < 1.29 is 27.5 Å². The highest BCUT2D eigenvalue weighted by atomic mass is 19.4. The number of hydrogen-bond acceptors (Lipinski definition) is 6. The van der Waals surface area contributed by atoms with Gasteiger partial charge in [-0.3, -0.25) is 10.3 Å². The van der Waals surface area contributed by atoms with Crippen LogP contribution >= 0.6 is 0 Å². The Morgan fingerprint density at radius 3 is 2.81 bits per heavy atom. The van der Waals surface area contributed by atoms with Crippen molar-refractivity contribution in [3.05, 3.63) is 47.7 Å². The lowest BCUT2D eigenvalue weighted by Crippen LogP contribution is -2.17. The van der Waals surface area contributed by atoms with Gasteiger partial charge in [-0.25, -0.2) is 9.98 Å². The van der Waals surface area contributed by atoms with Gasteiger partial charge in [0.2, 0.25) is 0 Å². The zero-order valence-corrected chi connectivity index (χ0v) is 14.2. The predicted molar refractivity (Wildman–Crippen MR) is 89.7 cm³/mol. The van der Waals surface area contributed by atoms with Gasteiger partial charge in [-0.2, -0.15) is 18.4 Å². The molecule has 142 valence electrons. The molecule has 0 unspecified atom stereocenters. The minimum Gasteiger partial charge on any atom is -0.495 e. The zero-order chi connectivity index (χ0) is 19.7. The minimum absolute atomic E-state index is 0.0169. The number of aliphatic imine (C=N–C) groups is 1.